The summed E-state index contributed by atoms with van der Waals surface area (Å²) in [6.07, 6.45) is 4.08. The summed E-state index contributed by atoms with van der Waals surface area (Å²) in [6, 6.07) is 29.0. The summed E-state index contributed by atoms with van der Waals surface area (Å²) < 4.78 is 2.13. The van der Waals surface area contributed by atoms with Crippen LogP contribution in [0.15, 0.2) is 97.2 Å². The highest BCUT2D eigenvalue weighted by Crippen LogP contribution is 2.42. The number of carbonyl (C=O) groups is 2. The topological polar surface area (TPSA) is 45.6 Å². The lowest BCUT2D eigenvalue weighted by molar-refractivity contribution is -0.134. The number of hydrogen-bond donors (Lipinski definition) is 0. The molecule has 1 atom stereocenters. The van der Waals surface area contributed by atoms with E-state index in [0.717, 1.165) is 41.0 Å². The number of halogens is 1. The molecule has 0 spiro atoms. The molecule has 1 aromatic heterocycles. The van der Waals surface area contributed by atoms with Gasteiger partial charge in [-0.15, -0.1) is 0 Å². The molecule has 3 aromatic carbocycles. The van der Waals surface area contributed by atoms with E-state index in [2.05, 4.69) is 11.5 Å². The van der Waals surface area contributed by atoms with E-state index in [1.807, 2.05) is 102 Å². The van der Waals surface area contributed by atoms with Crippen LogP contribution in [-0.4, -0.2) is 34.4 Å². The summed E-state index contributed by atoms with van der Waals surface area (Å²) in [5, 5.41) is 0.644. The first-order valence-electron chi connectivity index (χ1n) is 12.7. The normalized spacial score (nSPS) is 14.1. The van der Waals surface area contributed by atoms with E-state index < -0.39 is 0 Å². The molecule has 0 N–H and O–H groups in total. The predicted molar refractivity (Wildman–Crippen MR) is 148 cm³/mol. The Bertz CT molecular complexity index is 1380. The van der Waals surface area contributed by atoms with Gasteiger partial charge in [0.15, 0.2) is 0 Å². The summed E-state index contributed by atoms with van der Waals surface area (Å²) in [6.45, 7) is 2.66. The molecular formula is C31H30ClN3O2. The number of anilines is 1. The fourth-order valence-electron chi connectivity index (χ4n) is 4.99. The van der Waals surface area contributed by atoms with Gasteiger partial charge in [0.1, 0.15) is 12.6 Å². The van der Waals surface area contributed by atoms with Crippen LogP contribution in [0.1, 0.15) is 42.6 Å². The van der Waals surface area contributed by atoms with E-state index >= 15 is 0 Å². The number of amides is 2. The largest absolute Gasteiger partial charge is 0.333 e. The number of rotatable bonds is 8. The van der Waals surface area contributed by atoms with Gasteiger partial charge >= 0.3 is 0 Å². The Balaban J connectivity index is 1.51. The molecule has 0 bridgehead atoms. The molecule has 0 fully saturated rings. The number of carbonyl (C=O) groups excluding carboxylic acids is 2. The third-order valence-corrected chi connectivity index (χ3v) is 7.08. The third-order valence-electron chi connectivity index (χ3n) is 6.83. The molecule has 1 unspecified atom stereocenters. The van der Waals surface area contributed by atoms with Crippen molar-refractivity contribution < 1.29 is 9.59 Å². The Morgan fingerprint density at radius 1 is 0.865 bits per heavy atom. The fraction of sp³-hybridized carbons (Fsp3) is 0.226. The number of unbranched alkanes of at least 4 members (excludes halogenated alkanes) is 1. The molecule has 4 aromatic rings. The average Bonchev–Trinajstić information content (AvgIpc) is 3.41. The SMILES string of the molecule is CCCCN(CC(=O)N1c2ccccc2-n2cccc2C1c1ccc(Cl)cc1)C(=O)Cc1ccccc1. The molecule has 2 heterocycles. The number of aromatic nitrogens is 1. The number of benzene rings is 3. The van der Waals surface area contributed by atoms with Crippen LogP contribution in [0, 0.1) is 0 Å². The van der Waals surface area contributed by atoms with Gasteiger partial charge in [-0.05, 0) is 53.9 Å². The molecule has 37 heavy (non-hydrogen) atoms. The highest BCUT2D eigenvalue weighted by molar-refractivity contribution is 6.30. The van der Waals surface area contributed by atoms with Crippen LogP contribution >= 0.6 is 11.6 Å². The minimum absolute atomic E-state index is 0.0187. The van der Waals surface area contributed by atoms with Crippen molar-refractivity contribution in [1.29, 1.82) is 0 Å². The standard InChI is InChI=1S/C31H30ClN3O2/c1-2-3-19-33(29(36)21-23-10-5-4-6-11-23)22-30(37)35-27-13-8-7-12-26(27)34-20-9-14-28(34)31(35)24-15-17-25(32)18-16-24/h4-18,20,31H,2-3,19,21-22H2,1H3. The van der Waals surface area contributed by atoms with Crippen molar-refractivity contribution in [2.45, 2.75) is 32.2 Å². The van der Waals surface area contributed by atoms with Gasteiger partial charge in [-0.3, -0.25) is 14.5 Å². The quantitative estimate of drug-likeness (QED) is 0.273. The number of fused-ring (bicyclic) bond motifs is 3. The lowest BCUT2D eigenvalue weighted by atomic mass is 9.97. The smallest absolute Gasteiger partial charge is 0.247 e. The summed E-state index contributed by atoms with van der Waals surface area (Å²) in [5.74, 6) is -0.151. The average molecular weight is 512 g/mol. The van der Waals surface area contributed by atoms with E-state index in [0.29, 0.717) is 11.6 Å². The van der Waals surface area contributed by atoms with Gasteiger partial charge in [0.2, 0.25) is 11.8 Å². The third kappa shape index (κ3) is 5.18. The van der Waals surface area contributed by atoms with Crippen molar-refractivity contribution in [3.05, 3.63) is 119 Å². The first kappa shape index (κ1) is 24.8. The summed E-state index contributed by atoms with van der Waals surface area (Å²) in [4.78, 5) is 31.1. The van der Waals surface area contributed by atoms with Gasteiger partial charge < -0.3 is 9.47 Å². The summed E-state index contributed by atoms with van der Waals surface area (Å²) in [7, 11) is 0. The van der Waals surface area contributed by atoms with E-state index in [4.69, 9.17) is 11.6 Å². The lowest BCUT2D eigenvalue weighted by Gasteiger charge is -2.39. The Labute approximate surface area is 222 Å². The molecule has 6 heteroatoms. The first-order chi connectivity index (χ1) is 18.1. The zero-order chi connectivity index (χ0) is 25.8. The maximum absolute atomic E-state index is 14.2. The van der Waals surface area contributed by atoms with Gasteiger partial charge in [0.25, 0.3) is 0 Å². The molecule has 1 aliphatic heterocycles. The van der Waals surface area contributed by atoms with Crippen LogP contribution in [0.5, 0.6) is 0 Å². The van der Waals surface area contributed by atoms with Crippen LogP contribution in [0.4, 0.5) is 5.69 Å². The van der Waals surface area contributed by atoms with Crippen LogP contribution in [0.25, 0.3) is 5.69 Å². The van der Waals surface area contributed by atoms with E-state index in [1.165, 1.54) is 0 Å². The second-order valence-corrected chi connectivity index (χ2v) is 9.78. The highest BCUT2D eigenvalue weighted by atomic mass is 35.5. The molecule has 0 saturated heterocycles. The van der Waals surface area contributed by atoms with Gasteiger partial charge in [0, 0.05) is 17.8 Å². The summed E-state index contributed by atoms with van der Waals surface area (Å²) in [5.41, 5.74) is 4.66. The molecule has 0 saturated carbocycles. The fourth-order valence-corrected chi connectivity index (χ4v) is 5.11. The Kier molecular flexibility index (Phi) is 7.42. The lowest BCUT2D eigenvalue weighted by Crippen LogP contribution is -2.47. The Hall–Kier alpha value is -3.83. The second-order valence-electron chi connectivity index (χ2n) is 9.34. The van der Waals surface area contributed by atoms with Crippen LogP contribution < -0.4 is 4.90 Å². The minimum Gasteiger partial charge on any atom is -0.333 e. The van der Waals surface area contributed by atoms with E-state index in [1.54, 1.807) is 4.90 Å². The van der Waals surface area contributed by atoms with Gasteiger partial charge in [-0.1, -0.05) is 79.5 Å². The van der Waals surface area contributed by atoms with Crippen molar-refractivity contribution in [1.82, 2.24) is 9.47 Å². The van der Waals surface area contributed by atoms with Gasteiger partial charge in [0.05, 0.1) is 23.5 Å². The predicted octanol–water partition coefficient (Wildman–Crippen LogP) is 6.44. The molecule has 0 aliphatic carbocycles. The molecule has 188 valence electrons. The zero-order valence-electron chi connectivity index (χ0n) is 20.9. The monoisotopic (exact) mass is 511 g/mol. The van der Waals surface area contributed by atoms with Gasteiger partial charge in [-0.25, -0.2) is 0 Å². The highest BCUT2D eigenvalue weighted by Gasteiger charge is 2.36. The van der Waals surface area contributed by atoms with Crippen LogP contribution in [-0.2, 0) is 16.0 Å². The molecule has 0 radical (unpaired) electrons. The van der Waals surface area contributed by atoms with Crippen molar-refractivity contribution in [3.63, 3.8) is 0 Å². The second kappa shape index (κ2) is 11.1. The Morgan fingerprint density at radius 2 is 1.57 bits per heavy atom. The summed E-state index contributed by atoms with van der Waals surface area (Å²) >= 11 is 6.20. The van der Waals surface area contributed by atoms with Crippen molar-refractivity contribution in [2.24, 2.45) is 0 Å². The van der Waals surface area contributed by atoms with Crippen molar-refractivity contribution >= 4 is 29.1 Å². The number of hydrogen-bond acceptors (Lipinski definition) is 2. The molecule has 5 nitrogen and oxygen atoms in total. The Morgan fingerprint density at radius 3 is 2.30 bits per heavy atom. The molecule has 1 aliphatic rings. The molecule has 2 amide bonds. The van der Waals surface area contributed by atoms with Crippen LogP contribution in [0.2, 0.25) is 5.02 Å². The molecular weight excluding hydrogens is 482 g/mol. The minimum atomic E-state index is -0.341. The number of para-hydroxylation sites is 2. The van der Waals surface area contributed by atoms with E-state index in [-0.39, 0.29) is 30.8 Å². The first-order valence-corrected chi connectivity index (χ1v) is 13.1. The maximum Gasteiger partial charge on any atom is 0.247 e. The number of nitrogens with zero attached hydrogens (tertiary/aromatic N) is 3. The van der Waals surface area contributed by atoms with Crippen molar-refractivity contribution in [2.75, 3.05) is 18.0 Å². The zero-order valence-corrected chi connectivity index (χ0v) is 21.6. The van der Waals surface area contributed by atoms with Gasteiger partial charge in [-0.2, -0.15) is 0 Å². The van der Waals surface area contributed by atoms with E-state index in [9.17, 15) is 9.59 Å². The van der Waals surface area contributed by atoms with Crippen LogP contribution in [0.3, 0.4) is 0 Å². The molecule has 5 rings (SSSR count). The maximum atomic E-state index is 14.2. The van der Waals surface area contributed by atoms with Crippen molar-refractivity contribution in [3.8, 4) is 5.69 Å².